The Kier molecular flexibility index (Phi) is 9.09. The van der Waals surface area contributed by atoms with Crippen LogP contribution in [0.25, 0.3) is 61.1 Å². The minimum Gasteiger partial charge on any atom is -0.308 e. The minimum atomic E-state index is -5.16. The summed E-state index contributed by atoms with van der Waals surface area (Å²) in [6.45, 7) is 3.16. The van der Waals surface area contributed by atoms with Crippen molar-refractivity contribution in [1.82, 2.24) is 19.5 Å². The van der Waals surface area contributed by atoms with Crippen LogP contribution in [0.3, 0.4) is 0 Å². The number of hydrogen-bond acceptors (Lipinski definition) is 4. The molecule has 290 valence electrons. The van der Waals surface area contributed by atoms with Crippen LogP contribution in [0.5, 0.6) is 0 Å². The summed E-state index contributed by atoms with van der Waals surface area (Å²) in [6, 6.07) is 16.4. The molecule has 2 aromatic heterocycles. The van der Waals surface area contributed by atoms with E-state index in [1.807, 2.05) is 6.07 Å². The summed E-state index contributed by atoms with van der Waals surface area (Å²) >= 11 is 0. The lowest BCUT2D eigenvalue weighted by Gasteiger charge is -2.16. The maximum Gasteiger partial charge on any atom is 0.416 e. The van der Waals surface area contributed by atoms with Crippen molar-refractivity contribution in [3.05, 3.63) is 130 Å². The van der Waals surface area contributed by atoms with Gasteiger partial charge in [-0.25, -0.2) is 15.0 Å². The van der Waals surface area contributed by atoms with E-state index >= 15 is 0 Å². The van der Waals surface area contributed by atoms with E-state index in [-0.39, 0.29) is 68.6 Å². The smallest absolute Gasteiger partial charge is 0.308 e. The van der Waals surface area contributed by atoms with Crippen LogP contribution in [0.15, 0.2) is 91.0 Å². The Labute approximate surface area is 313 Å². The number of hydrogen-bond donors (Lipinski definition) is 0. The topological polar surface area (TPSA) is 67.4 Å². The van der Waals surface area contributed by atoms with Gasteiger partial charge in [-0.05, 0) is 103 Å². The van der Waals surface area contributed by atoms with E-state index in [9.17, 15) is 57.9 Å². The van der Waals surface area contributed by atoms with Crippen molar-refractivity contribution in [2.75, 3.05) is 0 Å². The largest absolute Gasteiger partial charge is 0.416 e. The van der Waals surface area contributed by atoms with Crippen molar-refractivity contribution in [2.24, 2.45) is 0 Å². The van der Waals surface area contributed by atoms with Gasteiger partial charge in [0.25, 0.3) is 0 Å². The molecule has 7 rings (SSSR count). The second-order valence-electron chi connectivity index (χ2n) is 13.0. The zero-order valence-electron chi connectivity index (χ0n) is 28.9. The van der Waals surface area contributed by atoms with Crippen LogP contribution in [0, 0.1) is 25.2 Å². The lowest BCUT2D eigenvalue weighted by molar-refractivity contribution is -0.144. The van der Waals surface area contributed by atoms with Gasteiger partial charge in [-0.15, -0.1) is 0 Å². The maximum absolute atomic E-state index is 13.9. The predicted molar refractivity (Wildman–Crippen MR) is 185 cm³/mol. The number of nitriles is 1. The van der Waals surface area contributed by atoms with E-state index in [0.29, 0.717) is 35.0 Å². The Morgan fingerprint density at radius 2 is 0.877 bits per heavy atom. The number of alkyl halides is 12. The Morgan fingerprint density at radius 3 is 1.25 bits per heavy atom. The molecule has 7 aromatic rings. The standard InChI is InChI=1S/C40H21F12N5/c1-19-54-20(2)56-36(55-19)32-6-3-21(18-53)9-33(32)57-34-14-22(24-10-26(37(41,42)43)16-27(11-24)38(44,45)46)4-7-30(34)31-8-5-23(15-35(31)57)25-12-28(39(47,48)49)17-29(13-25)40(50,51)52/h3-17H,1-2H3. The molecule has 17 heteroatoms. The number of benzene rings is 5. The summed E-state index contributed by atoms with van der Waals surface area (Å²) in [6.07, 6.45) is -20.6. The second-order valence-corrected chi connectivity index (χ2v) is 13.0. The monoisotopic (exact) mass is 799 g/mol. The van der Waals surface area contributed by atoms with Gasteiger partial charge < -0.3 is 4.57 Å². The molecule has 5 nitrogen and oxygen atoms in total. The van der Waals surface area contributed by atoms with E-state index in [0.717, 1.165) is 0 Å². The normalized spacial score (nSPS) is 12.7. The fourth-order valence-electron chi connectivity index (χ4n) is 6.59. The summed E-state index contributed by atoms with van der Waals surface area (Å²) in [5.74, 6) is 0.659. The molecule has 57 heavy (non-hydrogen) atoms. The highest BCUT2D eigenvalue weighted by Gasteiger charge is 2.38. The number of fused-ring (bicyclic) bond motifs is 3. The molecule has 2 heterocycles. The first kappa shape index (κ1) is 38.8. The van der Waals surface area contributed by atoms with Gasteiger partial charge in [-0.3, -0.25) is 0 Å². The third-order valence-corrected chi connectivity index (χ3v) is 9.08. The Balaban J connectivity index is 1.60. The van der Waals surface area contributed by atoms with Gasteiger partial charge in [-0.1, -0.05) is 24.3 Å². The predicted octanol–water partition coefficient (Wildman–Crippen LogP) is 12.5. The zero-order chi connectivity index (χ0) is 41.4. The highest BCUT2D eigenvalue weighted by atomic mass is 19.4. The Morgan fingerprint density at radius 1 is 0.474 bits per heavy atom. The Hall–Kier alpha value is -6.44. The average Bonchev–Trinajstić information content (AvgIpc) is 3.45. The van der Waals surface area contributed by atoms with Crippen LogP contribution in [0.2, 0.25) is 0 Å². The molecular weight excluding hydrogens is 778 g/mol. The Bertz CT molecular complexity index is 2570. The van der Waals surface area contributed by atoms with Gasteiger partial charge in [0.05, 0.1) is 50.6 Å². The van der Waals surface area contributed by atoms with E-state index in [4.69, 9.17) is 0 Å². The van der Waals surface area contributed by atoms with Crippen LogP contribution >= 0.6 is 0 Å². The van der Waals surface area contributed by atoms with E-state index in [2.05, 4.69) is 15.0 Å². The summed E-state index contributed by atoms with van der Waals surface area (Å²) in [7, 11) is 0. The van der Waals surface area contributed by atoms with E-state index in [1.165, 1.54) is 59.2 Å². The molecule has 0 fully saturated rings. The van der Waals surface area contributed by atoms with Crippen LogP contribution in [0.4, 0.5) is 52.7 Å². The highest BCUT2D eigenvalue weighted by molar-refractivity contribution is 6.11. The molecule has 0 saturated carbocycles. The molecule has 0 aliphatic rings. The molecule has 0 atom stereocenters. The van der Waals surface area contributed by atoms with Crippen molar-refractivity contribution >= 4 is 21.8 Å². The van der Waals surface area contributed by atoms with E-state index in [1.54, 1.807) is 13.8 Å². The molecule has 0 saturated heterocycles. The molecule has 5 aromatic carbocycles. The third kappa shape index (κ3) is 7.46. The van der Waals surface area contributed by atoms with Crippen LogP contribution < -0.4 is 0 Å². The fraction of sp³-hybridized carbons (Fsp3) is 0.150. The second kappa shape index (κ2) is 13.4. The number of rotatable bonds is 4. The maximum atomic E-state index is 13.9. The van der Waals surface area contributed by atoms with Crippen molar-refractivity contribution in [3.63, 3.8) is 0 Å². The van der Waals surface area contributed by atoms with Crippen LogP contribution in [-0.4, -0.2) is 19.5 Å². The number of aryl methyl sites for hydroxylation is 2. The average molecular weight is 800 g/mol. The first-order valence-corrected chi connectivity index (χ1v) is 16.4. The van der Waals surface area contributed by atoms with Gasteiger partial charge in [0.1, 0.15) is 11.6 Å². The van der Waals surface area contributed by atoms with E-state index < -0.39 is 58.1 Å². The number of nitrogens with zero attached hydrogens (tertiary/aromatic N) is 5. The number of aromatic nitrogens is 4. The van der Waals surface area contributed by atoms with Crippen LogP contribution in [-0.2, 0) is 24.7 Å². The number of halogens is 12. The lowest BCUT2D eigenvalue weighted by atomic mass is 9.97. The van der Waals surface area contributed by atoms with Gasteiger partial charge in [0.15, 0.2) is 5.82 Å². The summed E-state index contributed by atoms with van der Waals surface area (Å²) in [4.78, 5) is 13.0. The summed E-state index contributed by atoms with van der Waals surface area (Å²) in [5.41, 5.74) is -6.71. The first-order chi connectivity index (χ1) is 26.5. The van der Waals surface area contributed by atoms with Crippen molar-refractivity contribution < 1.29 is 52.7 Å². The van der Waals surface area contributed by atoms with Crippen molar-refractivity contribution in [3.8, 4) is 45.4 Å². The molecule has 0 spiro atoms. The molecule has 0 unspecified atom stereocenters. The molecule has 0 N–H and O–H groups in total. The minimum absolute atomic E-state index is 0.0170. The van der Waals surface area contributed by atoms with Crippen molar-refractivity contribution in [1.29, 1.82) is 5.26 Å². The SMILES string of the molecule is Cc1nc(C)nc(-c2ccc(C#N)cc2-n2c3cc(-c4cc(C(F)(F)F)cc(C(F)(F)F)c4)ccc3c3ccc(-c4cc(C(F)(F)F)cc(C(F)(F)F)c4)cc32)n1. The highest BCUT2D eigenvalue weighted by Crippen LogP contribution is 2.44. The summed E-state index contributed by atoms with van der Waals surface area (Å²) < 4.78 is 168. The van der Waals surface area contributed by atoms with Gasteiger partial charge in [0.2, 0.25) is 0 Å². The molecule has 0 radical (unpaired) electrons. The van der Waals surface area contributed by atoms with Crippen molar-refractivity contribution in [2.45, 2.75) is 38.6 Å². The lowest BCUT2D eigenvalue weighted by Crippen LogP contribution is -2.11. The zero-order valence-corrected chi connectivity index (χ0v) is 28.9. The molecule has 0 amide bonds. The molecular formula is C40H21F12N5. The van der Waals surface area contributed by atoms with Gasteiger partial charge in [-0.2, -0.15) is 57.9 Å². The summed E-state index contributed by atoms with van der Waals surface area (Å²) in [5, 5.41) is 10.6. The van der Waals surface area contributed by atoms with Crippen LogP contribution in [0.1, 0.15) is 39.5 Å². The third-order valence-electron chi connectivity index (χ3n) is 9.08. The molecule has 0 aliphatic heterocycles. The van der Waals surface area contributed by atoms with Gasteiger partial charge >= 0.3 is 24.7 Å². The quantitative estimate of drug-likeness (QED) is 0.166. The van der Waals surface area contributed by atoms with Gasteiger partial charge in [0, 0.05) is 16.3 Å². The fourth-order valence-corrected chi connectivity index (χ4v) is 6.59. The first-order valence-electron chi connectivity index (χ1n) is 16.4. The molecule has 0 aliphatic carbocycles. The molecule has 0 bridgehead atoms.